The van der Waals surface area contributed by atoms with Crippen molar-refractivity contribution in [3.05, 3.63) is 45.7 Å². The Hall–Kier alpha value is -2.71. The Bertz CT molecular complexity index is 1200. The summed E-state index contributed by atoms with van der Waals surface area (Å²) in [5.74, 6) is -0.0957. The van der Waals surface area contributed by atoms with Crippen LogP contribution in [0.5, 0.6) is 0 Å². The van der Waals surface area contributed by atoms with Crippen molar-refractivity contribution in [1.29, 1.82) is 0 Å². The normalized spacial score (nSPS) is 14.8. The quantitative estimate of drug-likeness (QED) is 0.606. The molecule has 0 atom stereocenters. The number of halogens is 1. The minimum atomic E-state index is -0.436. The number of carbonyl (C=O) groups is 2. The summed E-state index contributed by atoms with van der Waals surface area (Å²) in [6, 6.07) is 5.09. The molecule has 0 spiro atoms. The van der Waals surface area contributed by atoms with Crippen molar-refractivity contribution in [2.45, 2.75) is 38.5 Å². The van der Waals surface area contributed by atoms with Gasteiger partial charge in [0.2, 0.25) is 5.91 Å². The van der Waals surface area contributed by atoms with Gasteiger partial charge in [0, 0.05) is 18.4 Å². The predicted molar refractivity (Wildman–Crippen MR) is 115 cm³/mol. The van der Waals surface area contributed by atoms with Gasteiger partial charge < -0.3 is 10.1 Å². The number of ether oxygens (including phenoxy) is 1. The highest BCUT2D eigenvalue weighted by molar-refractivity contribution is 7.19. The summed E-state index contributed by atoms with van der Waals surface area (Å²) in [5, 5.41) is 8.76. The molecule has 2 aromatic heterocycles. The van der Waals surface area contributed by atoms with Gasteiger partial charge in [0.05, 0.1) is 45.3 Å². The van der Waals surface area contributed by atoms with Crippen LogP contribution in [0.25, 0.3) is 16.3 Å². The van der Waals surface area contributed by atoms with E-state index in [2.05, 4.69) is 10.3 Å². The zero-order valence-electron chi connectivity index (χ0n) is 16.5. The summed E-state index contributed by atoms with van der Waals surface area (Å²) in [5.41, 5.74) is 5.40. The Kier molecular flexibility index (Phi) is 4.63. The van der Waals surface area contributed by atoms with Gasteiger partial charge in [0.15, 0.2) is 5.13 Å². The largest absolute Gasteiger partial charge is 0.465 e. The smallest absolute Gasteiger partial charge is 0.337 e. The number of thiazole rings is 1. The average molecular weight is 443 g/mol. The van der Waals surface area contributed by atoms with Crippen LogP contribution in [0.2, 0.25) is 5.02 Å². The number of carbonyl (C=O) groups excluding carboxylic acids is 2. The second-order valence-electron chi connectivity index (χ2n) is 7.53. The summed E-state index contributed by atoms with van der Waals surface area (Å²) in [4.78, 5) is 29.0. The molecule has 30 heavy (non-hydrogen) atoms. The number of hydrogen-bond donors (Lipinski definition) is 1. The molecule has 0 unspecified atom stereocenters. The van der Waals surface area contributed by atoms with E-state index in [1.165, 1.54) is 30.9 Å². The Morgan fingerprint density at radius 3 is 2.77 bits per heavy atom. The monoisotopic (exact) mass is 442 g/mol. The molecule has 0 aliphatic heterocycles. The van der Waals surface area contributed by atoms with Crippen LogP contribution in [-0.4, -0.2) is 33.8 Å². The lowest BCUT2D eigenvalue weighted by Crippen LogP contribution is -2.08. The van der Waals surface area contributed by atoms with Crippen molar-refractivity contribution in [3.63, 3.8) is 0 Å². The highest BCUT2D eigenvalue weighted by Crippen LogP contribution is 2.48. The van der Waals surface area contributed by atoms with Crippen molar-refractivity contribution in [1.82, 2.24) is 14.8 Å². The molecule has 1 saturated carbocycles. The summed E-state index contributed by atoms with van der Waals surface area (Å²) in [6.45, 7) is 1.48. The Labute approximate surface area is 182 Å². The lowest BCUT2D eigenvalue weighted by atomic mass is 9.96. The molecule has 1 amide bonds. The van der Waals surface area contributed by atoms with E-state index >= 15 is 0 Å². The van der Waals surface area contributed by atoms with Crippen LogP contribution < -0.4 is 5.32 Å². The van der Waals surface area contributed by atoms with E-state index in [4.69, 9.17) is 21.4 Å². The third-order valence-corrected chi connectivity index (χ3v) is 6.71. The minimum absolute atomic E-state index is 0.144. The molecule has 3 aromatic rings. The standard InChI is InChI=1S/C21H19ClN4O3S/c1-10(27)23-21-24-15-7-6-13-17(11-3-4-11)25-26(18(13)19(15)30-21)16-8-5-12(9-14(16)22)20(28)29-2/h5,8-9,11H,3-4,6-7H2,1-2H3,(H,23,24,27). The van der Waals surface area contributed by atoms with Crippen LogP contribution in [0.1, 0.15) is 53.0 Å². The molecule has 1 N–H and O–H groups in total. The van der Waals surface area contributed by atoms with Crippen LogP contribution in [0, 0.1) is 0 Å². The number of rotatable bonds is 4. The number of nitrogens with one attached hydrogen (secondary N) is 1. The minimum Gasteiger partial charge on any atom is -0.465 e. The topological polar surface area (TPSA) is 86.1 Å². The van der Waals surface area contributed by atoms with E-state index in [-0.39, 0.29) is 5.91 Å². The first kappa shape index (κ1) is 19.3. The van der Waals surface area contributed by atoms with Crippen LogP contribution in [-0.2, 0) is 22.4 Å². The third kappa shape index (κ3) is 3.20. The first-order valence-corrected chi connectivity index (χ1v) is 10.9. The molecular formula is C21H19ClN4O3S. The Morgan fingerprint density at radius 1 is 1.30 bits per heavy atom. The Morgan fingerprint density at radius 2 is 2.10 bits per heavy atom. The van der Waals surface area contributed by atoms with Crippen LogP contribution in [0.3, 0.4) is 0 Å². The molecule has 1 aromatic carbocycles. The summed E-state index contributed by atoms with van der Waals surface area (Å²) in [6.07, 6.45) is 3.96. The van der Waals surface area contributed by atoms with E-state index in [1.54, 1.807) is 18.2 Å². The number of anilines is 1. The van der Waals surface area contributed by atoms with Crippen molar-refractivity contribution < 1.29 is 14.3 Å². The van der Waals surface area contributed by atoms with Gasteiger partial charge in [-0.15, -0.1) is 0 Å². The first-order valence-electron chi connectivity index (χ1n) is 9.74. The van der Waals surface area contributed by atoms with E-state index in [1.807, 2.05) is 4.68 Å². The molecule has 5 rings (SSSR count). The van der Waals surface area contributed by atoms with Crippen LogP contribution in [0.4, 0.5) is 5.13 Å². The summed E-state index contributed by atoms with van der Waals surface area (Å²) in [7, 11) is 1.34. The lowest BCUT2D eigenvalue weighted by molar-refractivity contribution is -0.114. The third-order valence-electron chi connectivity index (χ3n) is 5.38. The zero-order chi connectivity index (χ0) is 21.0. The van der Waals surface area contributed by atoms with Gasteiger partial charge in [0.1, 0.15) is 0 Å². The maximum absolute atomic E-state index is 11.9. The van der Waals surface area contributed by atoms with Gasteiger partial charge in [-0.25, -0.2) is 14.5 Å². The number of amides is 1. The Balaban J connectivity index is 1.67. The number of hydrogen-bond acceptors (Lipinski definition) is 6. The van der Waals surface area contributed by atoms with Gasteiger partial charge in [-0.2, -0.15) is 5.10 Å². The van der Waals surface area contributed by atoms with E-state index in [0.29, 0.717) is 27.3 Å². The van der Waals surface area contributed by atoms with E-state index in [0.717, 1.165) is 47.6 Å². The molecule has 0 radical (unpaired) electrons. The number of esters is 1. The SMILES string of the molecule is COC(=O)c1ccc(-n2nc(C3CC3)c3c2-c2sc(NC(C)=O)nc2CC3)c(Cl)c1. The average Bonchev–Trinajstić information content (AvgIpc) is 3.36. The fraction of sp³-hybridized carbons (Fsp3) is 0.333. The van der Waals surface area contributed by atoms with Gasteiger partial charge >= 0.3 is 5.97 Å². The van der Waals surface area contributed by atoms with Gasteiger partial charge in [-0.05, 0) is 43.9 Å². The molecule has 9 heteroatoms. The molecule has 2 heterocycles. The molecule has 0 bridgehead atoms. The molecule has 7 nitrogen and oxygen atoms in total. The van der Waals surface area contributed by atoms with Crippen molar-refractivity contribution in [3.8, 4) is 16.3 Å². The van der Waals surface area contributed by atoms with Gasteiger partial charge in [0.25, 0.3) is 0 Å². The molecule has 2 aliphatic carbocycles. The molecule has 0 saturated heterocycles. The lowest BCUT2D eigenvalue weighted by Gasteiger charge is -2.15. The second-order valence-corrected chi connectivity index (χ2v) is 8.94. The highest BCUT2D eigenvalue weighted by atomic mass is 35.5. The molecule has 154 valence electrons. The van der Waals surface area contributed by atoms with Crippen molar-refractivity contribution >= 4 is 39.9 Å². The maximum atomic E-state index is 11.9. The van der Waals surface area contributed by atoms with E-state index < -0.39 is 5.97 Å². The highest BCUT2D eigenvalue weighted by Gasteiger charge is 2.36. The van der Waals surface area contributed by atoms with Crippen molar-refractivity contribution in [2.24, 2.45) is 0 Å². The van der Waals surface area contributed by atoms with Gasteiger partial charge in [-0.3, -0.25) is 4.79 Å². The zero-order valence-corrected chi connectivity index (χ0v) is 18.1. The summed E-state index contributed by atoms with van der Waals surface area (Å²) >= 11 is 8.03. The number of nitrogens with zero attached hydrogens (tertiary/aromatic N) is 3. The van der Waals surface area contributed by atoms with Gasteiger partial charge in [-0.1, -0.05) is 22.9 Å². The molecule has 2 aliphatic rings. The summed E-state index contributed by atoms with van der Waals surface area (Å²) < 4.78 is 6.67. The van der Waals surface area contributed by atoms with Crippen LogP contribution >= 0.6 is 22.9 Å². The maximum Gasteiger partial charge on any atom is 0.337 e. The number of fused-ring (bicyclic) bond motifs is 3. The number of methoxy groups -OCH3 is 1. The molecular weight excluding hydrogens is 424 g/mol. The predicted octanol–water partition coefficient (Wildman–Crippen LogP) is 4.37. The molecule has 1 fully saturated rings. The fourth-order valence-corrected chi connectivity index (χ4v) is 5.26. The van der Waals surface area contributed by atoms with Crippen LogP contribution in [0.15, 0.2) is 18.2 Å². The number of aryl methyl sites for hydroxylation is 1. The first-order chi connectivity index (χ1) is 14.5. The number of benzene rings is 1. The van der Waals surface area contributed by atoms with Crippen molar-refractivity contribution in [2.75, 3.05) is 12.4 Å². The number of aromatic nitrogens is 3. The van der Waals surface area contributed by atoms with E-state index in [9.17, 15) is 9.59 Å². The fourth-order valence-electron chi connectivity index (χ4n) is 3.88. The second kappa shape index (κ2) is 7.21.